The number of hydrogen-bond acceptors (Lipinski definition) is 2. The van der Waals surface area contributed by atoms with Gasteiger partial charge in [0.25, 0.3) is 6.43 Å². The van der Waals surface area contributed by atoms with Crippen LogP contribution in [0, 0.1) is 0 Å². The Bertz CT molecular complexity index is 552. The molecule has 1 rings (SSSR count). The third-order valence-corrected chi connectivity index (χ3v) is 2.55. The molecule has 2 amide bonds. The summed E-state index contributed by atoms with van der Waals surface area (Å²) in [5, 5.41) is 2.25. The van der Waals surface area contributed by atoms with Crippen molar-refractivity contribution in [1.29, 1.82) is 0 Å². The number of primary amides is 1. The molecule has 0 atom stereocenters. The molecule has 0 fully saturated rings. The van der Waals surface area contributed by atoms with Crippen molar-refractivity contribution in [2.75, 3.05) is 0 Å². The van der Waals surface area contributed by atoms with Crippen molar-refractivity contribution in [1.82, 2.24) is 5.32 Å². The highest BCUT2D eigenvalue weighted by atomic mass is 19.3. The summed E-state index contributed by atoms with van der Waals surface area (Å²) in [5.74, 6) is -0.804. The Labute approximate surface area is 115 Å². The van der Waals surface area contributed by atoms with E-state index in [-0.39, 0.29) is 11.3 Å². The fourth-order valence-electron chi connectivity index (χ4n) is 1.55. The van der Waals surface area contributed by atoms with E-state index in [9.17, 15) is 18.4 Å². The van der Waals surface area contributed by atoms with Crippen molar-refractivity contribution < 1.29 is 18.4 Å². The van der Waals surface area contributed by atoms with Gasteiger partial charge < -0.3 is 11.1 Å². The molecule has 1 aromatic rings. The minimum Gasteiger partial charge on any atom is -0.366 e. The molecule has 0 saturated carbocycles. The predicted molar refractivity (Wildman–Crippen MR) is 71.5 cm³/mol. The molecule has 0 aliphatic rings. The van der Waals surface area contributed by atoms with Crippen LogP contribution in [0.5, 0.6) is 0 Å². The summed E-state index contributed by atoms with van der Waals surface area (Å²) < 4.78 is 26.3. The van der Waals surface area contributed by atoms with Gasteiger partial charge in [-0.3, -0.25) is 9.59 Å². The summed E-state index contributed by atoms with van der Waals surface area (Å²) in [4.78, 5) is 21.6. The zero-order chi connectivity index (χ0) is 15.1. The molecule has 3 N–H and O–H groups in total. The molecule has 106 valence electrons. The van der Waals surface area contributed by atoms with E-state index in [2.05, 4.69) is 5.32 Å². The lowest BCUT2D eigenvalue weighted by Gasteiger charge is -2.12. The van der Waals surface area contributed by atoms with Gasteiger partial charge in [-0.05, 0) is 18.6 Å². The van der Waals surface area contributed by atoms with Crippen LogP contribution in [-0.2, 0) is 9.59 Å². The highest BCUT2D eigenvalue weighted by molar-refractivity contribution is 5.92. The quantitative estimate of drug-likeness (QED) is 0.474. The maximum atomic E-state index is 13.2. The number of carbonyl (C=O) groups is 2. The molecule has 6 heteroatoms. The molecular weight excluding hydrogens is 266 g/mol. The third kappa shape index (κ3) is 4.01. The predicted octanol–water partition coefficient (Wildman–Crippen LogP) is 1.84. The van der Waals surface area contributed by atoms with Gasteiger partial charge in [-0.25, -0.2) is 8.78 Å². The Balaban J connectivity index is 3.45. The summed E-state index contributed by atoms with van der Waals surface area (Å²) in [6.07, 6.45) is -1.59. The number of benzene rings is 1. The van der Waals surface area contributed by atoms with Crippen molar-refractivity contribution >= 4 is 18.0 Å². The van der Waals surface area contributed by atoms with E-state index in [4.69, 9.17) is 5.73 Å². The first-order chi connectivity index (χ1) is 9.47. The van der Waals surface area contributed by atoms with Gasteiger partial charge in [0.05, 0.1) is 5.70 Å². The van der Waals surface area contributed by atoms with Gasteiger partial charge in [-0.15, -0.1) is 0 Å². The molecule has 0 bridgehead atoms. The van der Waals surface area contributed by atoms with E-state index in [0.29, 0.717) is 12.0 Å². The molecule has 0 aliphatic heterocycles. The van der Waals surface area contributed by atoms with Gasteiger partial charge in [0, 0.05) is 11.1 Å². The van der Waals surface area contributed by atoms with Crippen LogP contribution in [-0.4, -0.2) is 18.7 Å². The SMILES string of the molecule is C/C(=C\C(=C(/NC=O)c1ccccc1)C(F)F)C(N)=O. The van der Waals surface area contributed by atoms with Crippen LogP contribution in [0.4, 0.5) is 8.78 Å². The molecule has 0 unspecified atom stereocenters. The molecule has 0 radical (unpaired) electrons. The number of alkyl halides is 2. The summed E-state index contributed by atoms with van der Waals surface area (Å²) >= 11 is 0. The topological polar surface area (TPSA) is 72.2 Å². The number of nitrogens with one attached hydrogen (secondary N) is 1. The van der Waals surface area contributed by atoms with Crippen LogP contribution >= 0.6 is 0 Å². The van der Waals surface area contributed by atoms with Crippen molar-refractivity contribution in [2.45, 2.75) is 13.3 Å². The van der Waals surface area contributed by atoms with Crippen LogP contribution in [0.25, 0.3) is 5.70 Å². The fraction of sp³-hybridized carbons (Fsp3) is 0.143. The van der Waals surface area contributed by atoms with E-state index in [0.717, 1.165) is 6.08 Å². The molecule has 20 heavy (non-hydrogen) atoms. The van der Waals surface area contributed by atoms with E-state index in [1.807, 2.05) is 0 Å². The van der Waals surface area contributed by atoms with Crippen LogP contribution < -0.4 is 11.1 Å². The van der Waals surface area contributed by atoms with Gasteiger partial charge in [-0.2, -0.15) is 0 Å². The normalized spacial score (nSPS) is 12.9. The van der Waals surface area contributed by atoms with Crippen molar-refractivity contribution in [2.24, 2.45) is 5.73 Å². The first kappa shape index (κ1) is 15.6. The number of rotatable bonds is 6. The fourth-order valence-corrected chi connectivity index (χ4v) is 1.55. The first-order valence-electron chi connectivity index (χ1n) is 5.73. The Morgan fingerprint density at radius 2 is 1.90 bits per heavy atom. The van der Waals surface area contributed by atoms with Crippen LogP contribution in [0.2, 0.25) is 0 Å². The van der Waals surface area contributed by atoms with Crippen LogP contribution in [0.3, 0.4) is 0 Å². The minimum absolute atomic E-state index is 0.0265. The van der Waals surface area contributed by atoms with Gasteiger partial charge >= 0.3 is 0 Å². The molecule has 1 aromatic carbocycles. The third-order valence-electron chi connectivity index (χ3n) is 2.55. The molecule has 0 spiro atoms. The molecule has 4 nitrogen and oxygen atoms in total. The highest BCUT2D eigenvalue weighted by Gasteiger charge is 2.17. The van der Waals surface area contributed by atoms with Gasteiger partial charge in [0.2, 0.25) is 12.3 Å². The van der Waals surface area contributed by atoms with E-state index in [1.165, 1.54) is 6.92 Å². The Kier molecular flexibility index (Phi) is 5.58. The zero-order valence-electron chi connectivity index (χ0n) is 10.8. The second-order valence-corrected chi connectivity index (χ2v) is 3.95. The van der Waals surface area contributed by atoms with E-state index >= 15 is 0 Å². The number of nitrogens with two attached hydrogens (primary N) is 1. The largest absolute Gasteiger partial charge is 0.366 e. The van der Waals surface area contributed by atoms with Gasteiger partial charge in [-0.1, -0.05) is 30.3 Å². The highest BCUT2D eigenvalue weighted by Crippen LogP contribution is 2.23. The van der Waals surface area contributed by atoms with Crippen molar-refractivity contribution in [3.8, 4) is 0 Å². The number of halogens is 2. The monoisotopic (exact) mass is 280 g/mol. The minimum atomic E-state index is -2.87. The Hall–Kier alpha value is -2.50. The molecule has 0 heterocycles. The zero-order valence-corrected chi connectivity index (χ0v) is 10.8. The second-order valence-electron chi connectivity index (χ2n) is 3.95. The summed E-state index contributed by atoms with van der Waals surface area (Å²) in [6.45, 7) is 1.33. The van der Waals surface area contributed by atoms with Gasteiger partial charge in [0.1, 0.15) is 0 Å². The van der Waals surface area contributed by atoms with Crippen LogP contribution in [0.15, 0.2) is 47.6 Å². The lowest BCUT2D eigenvalue weighted by molar-refractivity contribution is -0.114. The maximum Gasteiger partial charge on any atom is 0.265 e. The van der Waals surface area contributed by atoms with E-state index < -0.39 is 17.9 Å². The average Bonchev–Trinajstić information content (AvgIpc) is 2.43. The first-order valence-corrected chi connectivity index (χ1v) is 5.73. The summed E-state index contributed by atoms with van der Waals surface area (Å²) in [5.41, 5.74) is 4.88. The average molecular weight is 280 g/mol. The number of amides is 2. The van der Waals surface area contributed by atoms with E-state index in [1.54, 1.807) is 30.3 Å². The smallest absolute Gasteiger partial charge is 0.265 e. The van der Waals surface area contributed by atoms with Crippen molar-refractivity contribution in [3.05, 3.63) is 53.1 Å². The second kappa shape index (κ2) is 7.18. The maximum absolute atomic E-state index is 13.2. The van der Waals surface area contributed by atoms with Gasteiger partial charge in [0.15, 0.2) is 0 Å². The molecule has 0 aromatic heterocycles. The Morgan fingerprint density at radius 3 is 2.35 bits per heavy atom. The standard InChI is InChI=1S/C14H14F2N2O2/c1-9(14(17)20)7-11(13(15)16)12(18-8-19)10-5-3-2-4-6-10/h2-8,13H,1H3,(H2,17,20)(H,18,19)/b9-7+,12-11+. The number of allylic oxidation sites excluding steroid dienone is 2. The van der Waals surface area contributed by atoms with Crippen LogP contribution in [0.1, 0.15) is 12.5 Å². The Morgan fingerprint density at radius 1 is 1.30 bits per heavy atom. The lowest BCUT2D eigenvalue weighted by atomic mass is 10.0. The lowest BCUT2D eigenvalue weighted by Crippen LogP contribution is -2.16. The summed E-state index contributed by atoms with van der Waals surface area (Å²) in [6, 6.07) is 8.16. The molecular formula is C14H14F2N2O2. The molecule has 0 saturated heterocycles. The number of carbonyl (C=O) groups excluding carboxylic acids is 2. The number of hydrogen-bond donors (Lipinski definition) is 2. The summed E-state index contributed by atoms with van der Waals surface area (Å²) in [7, 11) is 0. The van der Waals surface area contributed by atoms with Crippen molar-refractivity contribution in [3.63, 3.8) is 0 Å². The molecule has 0 aliphatic carbocycles.